The molecule has 3 heteroatoms. The van der Waals surface area contributed by atoms with Gasteiger partial charge >= 0.3 is 0 Å². The second kappa shape index (κ2) is 3.92. The third kappa shape index (κ3) is 1.99. The van der Waals surface area contributed by atoms with Crippen LogP contribution in [0.2, 0.25) is 0 Å². The Morgan fingerprint density at radius 2 is 2.00 bits per heavy atom. The predicted molar refractivity (Wildman–Crippen MR) is 51.2 cm³/mol. The fourth-order valence-corrected chi connectivity index (χ4v) is 1.81. The zero-order valence-corrected chi connectivity index (χ0v) is 8.12. The highest BCUT2D eigenvalue weighted by molar-refractivity contribution is 7.78. The van der Waals surface area contributed by atoms with Crippen molar-refractivity contribution in [2.24, 2.45) is 10.4 Å². The van der Waals surface area contributed by atoms with Crippen LogP contribution in [0.15, 0.2) is 4.99 Å². The van der Waals surface area contributed by atoms with Crippen molar-refractivity contribution < 1.29 is 4.79 Å². The van der Waals surface area contributed by atoms with E-state index in [4.69, 9.17) is 0 Å². The number of aliphatic imine (C=N–C) groups is 1. The molecule has 1 rings (SSSR count). The molecular weight excluding hydrogens is 170 g/mol. The highest BCUT2D eigenvalue weighted by Gasteiger charge is 2.34. The summed E-state index contributed by atoms with van der Waals surface area (Å²) < 4.78 is 0. The third-order valence-electron chi connectivity index (χ3n) is 2.62. The van der Waals surface area contributed by atoms with Crippen molar-refractivity contribution in [2.75, 3.05) is 0 Å². The number of thiocarbonyl (C=S) groups is 1. The van der Waals surface area contributed by atoms with E-state index in [0.717, 1.165) is 25.7 Å². The first-order valence-corrected chi connectivity index (χ1v) is 4.72. The summed E-state index contributed by atoms with van der Waals surface area (Å²) in [5, 5.41) is 2.15. The van der Waals surface area contributed by atoms with Crippen LogP contribution in [0, 0.1) is 5.41 Å². The van der Waals surface area contributed by atoms with Gasteiger partial charge in [0, 0.05) is 5.41 Å². The summed E-state index contributed by atoms with van der Waals surface area (Å²) in [6, 6.07) is 0. The second-order valence-electron chi connectivity index (χ2n) is 3.63. The summed E-state index contributed by atoms with van der Waals surface area (Å²) in [5.74, 6) is -0.0859. The Hall–Kier alpha value is -0.530. The van der Waals surface area contributed by atoms with Crippen LogP contribution >= 0.6 is 12.2 Å². The van der Waals surface area contributed by atoms with Gasteiger partial charge < -0.3 is 0 Å². The zero-order valence-electron chi connectivity index (χ0n) is 7.30. The van der Waals surface area contributed by atoms with Gasteiger partial charge in [-0.1, -0.05) is 26.2 Å². The number of rotatable bonds is 1. The molecule has 0 aromatic rings. The van der Waals surface area contributed by atoms with Crippen molar-refractivity contribution >= 4 is 23.3 Å². The average Bonchev–Trinajstić information content (AvgIpc) is 2.06. The lowest BCUT2D eigenvalue weighted by molar-refractivity contribution is -0.128. The van der Waals surface area contributed by atoms with Crippen LogP contribution in [0.1, 0.15) is 39.0 Å². The van der Waals surface area contributed by atoms with Crippen LogP contribution in [0.5, 0.6) is 0 Å². The summed E-state index contributed by atoms with van der Waals surface area (Å²) in [4.78, 5) is 15.0. The second-order valence-corrected chi connectivity index (χ2v) is 3.81. The number of nitrogens with zero attached hydrogens (tertiary/aromatic N) is 1. The van der Waals surface area contributed by atoms with Crippen LogP contribution in [0.25, 0.3) is 0 Å². The van der Waals surface area contributed by atoms with E-state index in [0.29, 0.717) is 0 Å². The molecule has 0 bridgehead atoms. The summed E-state index contributed by atoms with van der Waals surface area (Å²) >= 11 is 4.41. The van der Waals surface area contributed by atoms with Crippen LogP contribution in [-0.2, 0) is 4.79 Å². The Morgan fingerprint density at radius 1 is 1.42 bits per heavy atom. The van der Waals surface area contributed by atoms with E-state index >= 15 is 0 Å². The van der Waals surface area contributed by atoms with Crippen molar-refractivity contribution in [3.63, 3.8) is 0 Å². The number of hydrogen-bond acceptors (Lipinski definition) is 2. The normalized spacial score (nSPS) is 21.1. The molecule has 1 saturated carbocycles. The Balaban J connectivity index is 2.68. The SMILES string of the molecule is CC1(C(=O)N=C=S)CCCCC1. The average molecular weight is 183 g/mol. The molecule has 0 aromatic carbocycles. The molecular formula is C9H13NOS. The van der Waals surface area contributed by atoms with Gasteiger partial charge in [0.1, 0.15) is 0 Å². The number of amides is 1. The molecule has 0 heterocycles. The molecule has 0 saturated heterocycles. The lowest BCUT2D eigenvalue weighted by Crippen LogP contribution is -2.28. The van der Waals surface area contributed by atoms with Crippen molar-refractivity contribution in [1.29, 1.82) is 0 Å². The fourth-order valence-electron chi connectivity index (χ4n) is 1.72. The summed E-state index contributed by atoms with van der Waals surface area (Å²) in [7, 11) is 0. The number of isothiocyanates is 1. The van der Waals surface area contributed by atoms with Crippen molar-refractivity contribution in [3.8, 4) is 0 Å². The third-order valence-corrected chi connectivity index (χ3v) is 2.71. The van der Waals surface area contributed by atoms with Crippen LogP contribution < -0.4 is 0 Å². The largest absolute Gasteiger partial charge is 0.271 e. The molecule has 1 aliphatic carbocycles. The van der Waals surface area contributed by atoms with Gasteiger partial charge in [-0.25, -0.2) is 0 Å². The van der Waals surface area contributed by atoms with E-state index in [2.05, 4.69) is 22.4 Å². The van der Waals surface area contributed by atoms with E-state index in [1.165, 1.54) is 6.42 Å². The Morgan fingerprint density at radius 3 is 2.50 bits per heavy atom. The molecule has 1 fully saturated rings. The summed E-state index contributed by atoms with van der Waals surface area (Å²) in [5.41, 5.74) is -0.246. The highest BCUT2D eigenvalue weighted by atomic mass is 32.1. The molecule has 0 aliphatic heterocycles. The van der Waals surface area contributed by atoms with Gasteiger partial charge in [0.2, 0.25) is 0 Å². The first-order chi connectivity index (χ1) is 5.69. The van der Waals surface area contributed by atoms with Crippen LogP contribution in [-0.4, -0.2) is 11.1 Å². The molecule has 0 aromatic heterocycles. The van der Waals surface area contributed by atoms with Gasteiger partial charge in [-0.2, -0.15) is 4.99 Å². The van der Waals surface area contributed by atoms with E-state index in [9.17, 15) is 4.79 Å². The molecule has 12 heavy (non-hydrogen) atoms. The minimum atomic E-state index is -0.246. The maximum atomic E-state index is 11.4. The van der Waals surface area contributed by atoms with E-state index < -0.39 is 0 Å². The first-order valence-electron chi connectivity index (χ1n) is 4.31. The van der Waals surface area contributed by atoms with Gasteiger partial charge in [0.25, 0.3) is 5.91 Å². The minimum Gasteiger partial charge on any atom is -0.271 e. The van der Waals surface area contributed by atoms with Gasteiger partial charge in [0.05, 0.1) is 5.16 Å². The standard InChI is InChI=1S/C9H13NOS/c1-9(8(11)10-7-12)5-3-2-4-6-9/h2-6H2,1H3. The molecule has 0 atom stereocenters. The maximum absolute atomic E-state index is 11.4. The van der Waals surface area contributed by atoms with E-state index in [1.807, 2.05) is 6.92 Å². The Bertz CT molecular complexity index is 225. The molecule has 2 nitrogen and oxygen atoms in total. The molecule has 1 aliphatic rings. The topological polar surface area (TPSA) is 29.4 Å². The van der Waals surface area contributed by atoms with Gasteiger partial charge in [-0.05, 0) is 25.1 Å². The minimum absolute atomic E-state index is 0.0859. The lowest BCUT2D eigenvalue weighted by Gasteiger charge is -2.29. The zero-order chi connectivity index (χ0) is 9.03. The van der Waals surface area contributed by atoms with Gasteiger partial charge in [-0.3, -0.25) is 4.79 Å². The Kier molecular flexibility index (Phi) is 3.12. The van der Waals surface area contributed by atoms with E-state index in [1.54, 1.807) is 0 Å². The highest BCUT2D eigenvalue weighted by Crippen LogP contribution is 2.36. The smallest absolute Gasteiger partial charge is 0.260 e. The van der Waals surface area contributed by atoms with Crippen molar-refractivity contribution in [2.45, 2.75) is 39.0 Å². The maximum Gasteiger partial charge on any atom is 0.260 e. The van der Waals surface area contributed by atoms with Gasteiger partial charge in [0.15, 0.2) is 0 Å². The van der Waals surface area contributed by atoms with Gasteiger partial charge in [-0.15, -0.1) is 0 Å². The Labute approximate surface area is 78.1 Å². The molecule has 0 N–H and O–H groups in total. The summed E-state index contributed by atoms with van der Waals surface area (Å²) in [6.07, 6.45) is 5.41. The molecule has 0 spiro atoms. The van der Waals surface area contributed by atoms with E-state index in [-0.39, 0.29) is 11.3 Å². The predicted octanol–water partition coefficient (Wildman–Crippen LogP) is 2.59. The molecule has 0 unspecified atom stereocenters. The monoisotopic (exact) mass is 183 g/mol. The first kappa shape index (κ1) is 9.56. The number of carbonyl (C=O) groups is 1. The van der Waals surface area contributed by atoms with Crippen molar-refractivity contribution in [3.05, 3.63) is 0 Å². The fraction of sp³-hybridized carbons (Fsp3) is 0.778. The van der Waals surface area contributed by atoms with Crippen LogP contribution in [0.3, 0.4) is 0 Å². The van der Waals surface area contributed by atoms with Crippen LogP contribution in [0.4, 0.5) is 0 Å². The van der Waals surface area contributed by atoms with Crippen molar-refractivity contribution in [1.82, 2.24) is 0 Å². The molecule has 0 radical (unpaired) electrons. The number of hydrogen-bond donors (Lipinski definition) is 0. The summed E-state index contributed by atoms with van der Waals surface area (Å²) in [6.45, 7) is 1.98. The molecule has 66 valence electrons. The number of carbonyl (C=O) groups excluding carboxylic acids is 1. The quantitative estimate of drug-likeness (QED) is 0.462. The molecule has 1 amide bonds. The lowest BCUT2D eigenvalue weighted by atomic mass is 9.75.